The Hall–Kier alpha value is -4.11. The first-order valence-corrected chi connectivity index (χ1v) is 13.5. The molecule has 0 spiro atoms. The summed E-state index contributed by atoms with van der Waals surface area (Å²) in [5.41, 5.74) is 7.65. The quantitative estimate of drug-likeness (QED) is 0.161. The largest absolute Gasteiger partial charge is 0.497 e. The van der Waals surface area contributed by atoms with Gasteiger partial charge in [0.25, 0.3) is 5.91 Å². The second-order valence-corrected chi connectivity index (χ2v) is 9.49. The summed E-state index contributed by atoms with van der Waals surface area (Å²) in [6.07, 6.45) is 1.64. The highest BCUT2D eigenvalue weighted by Crippen LogP contribution is 2.29. The number of carbonyl (C=O) groups excluding carboxylic acids is 1. The third-order valence-electron chi connectivity index (χ3n) is 6.03. The lowest BCUT2D eigenvalue weighted by Gasteiger charge is -2.20. The van der Waals surface area contributed by atoms with Crippen molar-refractivity contribution >= 4 is 29.6 Å². The summed E-state index contributed by atoms with van der Waals surface area (Å²) in [5.74, 6) is 1.37. The van der Waals surface area contributed by atoms with E-state index in [-0.39, 0.29) is 11.7 Å². The lowest BCUT2D eigenvalue weighted by molar-refractivity contribution is -0.118. The fraction of sp³-hybridized carbons (Fsp3) is 0.241. The topological polar surface area (TPSA) is 84.6 Å². The van der Waals surface area contributed by atoms with Gasteiger partial charge in [0.15, 0.2) is 11.0 Å². The average Bonchev–Trinajstić information content (AvgIpc) is 3.38. The van der Waals surface area contributed by atoms with Gasteiger partial charge in [0.1, 0.15) is 5.75 Å². The molecule has 1 heterocycles. The van der Waals surface area contributed by atoms with Crippen LogP contribution in [0.1, 0.15) is 25.0 Å². The van der Waals surface area contributed by atoms with Gasteiger partial charge in [-0.05, 0) is 74.9 Å². The Morgan fingerprint density at radius 1 is 1.00 bits per heavy atom. The predicted molar refractivity (Wildman–Crippen MR) is 155 cm³/mol. The molecule has 8 nitrogen and oxygen atoms in total. The molecular formula is C29H32N6O2S. The summed E-state index contributed by atoms with van der Waals surface area (Å²) in [5, 5.41) is 13.6. The number of aryl methyl sites for hydroxylation is 1. The molecule has 0 aliphatic rings. The van der Waals surface area contributed by atoms with Gasteiger partial charge in [-0.1, -0.05) is 41.6 Å². The Kier molecular flexibility index (Phi) is 9.16. The van der Waals surface area contributed by atoms with E-state index in [1.165, 1.54) is 17.4 Å². The molecule has 1 N–H and O–H groups in total. The van der Waals surface area contributed by atoms with Crippen molar-refractivity contribution in [1.29, 1.82) is 0 Å². The van der Waals surface area contributed by atoms with E-state index in [9.17, 15) is 4.79 Å². The van der Waals surface area contributed by atoms with Crippen molar-refractivity contribution in [3.8, 4) is 22.8 Å². The monoisotopic (exact) mass is 528 g/mol. The van der Waals surface area contributed by atoms with Gasteiger partial charge in [0.2, 0.25) is 0 Å². The van der Waals surface area contributed by atoms with Crippen LogP contribution in [0.5, 0.6) is 5.75 Å². The Labute approximate surface area is 227 Å². The number of hydrogen-bond donors (Lipinski definition) is 1. The number of amides is 1. The van der Waals surface area contributed by atoms with Crippen LogP contribution in [-0.2, 0) is 4.79 Å². The van der Waals surface area contributed by atoms with Crippen LogP contribution in [0.15, 0.2) is 83.1 Å². The zero-order valence-electron chi connectivity index (χ0n) is 22.1. The van der Waals surface area contributed by atoms with Gasteiger partial charge in [0, 0.05) is 30.0 Å². The molecule has 0 fully saturated rings. The maximum atomic E-state index is 12.5. The Morgan fingerprint density at radius 2 is 1.68 bits per heavy atom. The fourth-order valence-electron chi connectivity index (χ4n) is 3.92. The lowest BCUT2D eigenvalue weighted by Crippen LogP contribution is -2.21. The number of aromatic nitrogens is 3. The van der Waals surface area contributed by atoms with Crippen LogP contribution in [0.25, 0.3) is 17.1 Å². The summed E-state index contributed by atoms with van der Waals surface area (Å²) >= 11 is 1.31. The summed E-state index contributed by atoms with van der Waals surface area (Å²) in [7, 11) is 1.64. The number of nitrogens with one attached hydrogen (secondary N) is 1. The van der Waals surface area contributed by atoms with Gasteiger partial charge in [-0.2, -0.15) is 5.10 Å². The van der Waals surface area contributed by atoms with Crippen LogP contribution in [0.2, 0.25) is 0 Å². The number of benzene rings is 3. The lowest BCUT2D eigenvalue weighted by atomic mass is 10.2. The van der Waals surface area contributed by atoms with Crippen molar-refractivity contribution < 1.29 is 9.53 Å². The summed E-state index contributed by atoms with van der Waals surface area (Å²) in [6.45, 7) is 8.22. The minimum absolute atomic E-state index is 0.144. The molecule has 0 radical (unpaired) electrons. The number of carbonyl (C=O) groups is 1. The Bertz CT molecular complexity index is 1360. The first kappa shape index (κ1) is 26.9. The van der Waals surface area contributed by atoms with E-state index >= 15 is 0 Å². The number of thioether (sulfide) groups is 1. The second-order valence-electron chi connectivity index (χ2n) is 8.55. The van der Waals surface area contributed by atoms with Crippen molar-refractivity contribution in [2.45, 2.75) is 25.9 Å². The van der Waals surface area contributed by atoms with Gasteiger partial charge < -0.3 is 9.64 Å². The standard InChI is InChI=1S/C29H32N6O2S/c1-5-34(6-2)24-15-9-22(10-16-24)19-30-31-27(36)20-38-29-33-32-28(23-11-17-26(37-4)18-12-23)35(29)25-13-7-21(3)8-14-25/h7-19H,5-6,20H2,1-4H3,(H,31,36). The first-order chi connectivity index (χ1) is 18.5. The Balaban J connectivity index is 1.44. The van der Waals surface area contributed by atoms with Crippen molar-refractivity contribution in [3.63, 3.8) is 0 Å². The second kappa shape index (κ2) is 12.9. The van der Waals surface area contributed by atoms with Crippen LogP contribution >= 0.6 is 11.8 Å². The predicted octanol–water partition coefficient (Wildman–Crippen LogP) is 5.34. The highest BCUT2D eigenvalue weighted by molar-refractivity contribution is 7.99. The molecule has 1 aromatic heterocycles. The molecule has 0 aliphatic heterocycles. The van der Waals surface area contributed by atoms with Crippen molar-refractivity contribution in [1.82, 2.24) is 20.2 Å². The van der Waals surface area contributed by atoms with E-state index in [4.69, 9.17) is 4.74 Å². The van der Waals surface area contributed by atoms with Crippen LogP contribution in [0, 0.1) is 6.92 Å². The zero-order valence-corrected chi connectivity index (χ0v) is 22.9. The number of ether oxygens (including phenoxy) is 1. The third kappa shape index (κ3) is 6.60. The molecule has 3 aromatic carbocycles. The minimum atomic E-state index is -0.226. The Morgan fingerprint density at radius 3 is 2.32 bits per heavy atom. The van der Waals surface area contributed by atoms with E-state index in [1.54, 1.807) is 13.3 Å². The van der Waals surface area contributed by atoms with Gasteiger partial charge >= 0.3 is 0 Å². The third-order valence-corrected chi connectivity index (χ3v) is 6.96. The van der Waals surface area contributed by atoms with E-state index in [0.29, 0.717) is 11.0 Å². The number of nitrogens with zero attached hydrogens (tertiary/aromatic N) is 5. The number of methoxy groups -OCH3 is 1. The maximum Gasteiger partial charge on any atom is 0.250 e. The SMILES string of the molecule is CCN(CC)c1ccc(C=NNC(=O)CSc2nnc(-c3ccc(OC)cc3)n2-c2ccc(C)cc2)cc1. The molecule has 9 heteroatoms. The van der Waals surface area contributed by atoms with Crippen LogP contribution in [0.4, 0.5) is 5.69 Å². The number of hydrazone groups is 1. The molecule has 1 amide bonds. The summed E-state index contributed by atoms with van der Waals surface area (Å²) < 4.78 is 7.24. The van der Waals surface area contributed by atoms with Gasteiger partial charge in [-0.25, -0.2) is 5.43 Å². The van der Waals surface area contributed by atoms with Gasteiger partial charge in [-0.15, -0.1) is 10.2 Å². The average molecular weight is 529 g/mol. The van der Waals surface area contributed by atoms with E-state index < -0.39 is 0 Å². The number of hydrogen-bond acceptors (Lipinski definition) is 7. The van der Waals surface area contributed by atoms with Crippen molar-refractivity contribution in [2.24, 2.45) is 5.10 Å². The number of anilines is 1. The summed E-state index contributed by atoms with van der Waals surface area (Å²) in [6, 6.07) is 23.9. The molecular weight excluding hydrogens is 496 g/mol. The van der Waals surface area contributed by atoms with Crippen molar-refractivity contribution in [3.05, 3.63) is 83.9 Å². The zero-order chi connectivity index (χ0) is 26.9. The summed E-state index contributed by atoms with van der Waals surface area (Å²) in [4.78, 5) is 14.8. The molecule has 38 heavy (non-hydrogen) atoms. The van der Waals surface area contributed by atoms with Gasteiger partial charge in [0.05, 0.1) is 19.1 Å². The highest BCUT2D eigenvalue weighted by atomic mass is 32.2. The number of rotatable bonds is 11. The van der Waals surface area contributed by atoms with Gasteiger partial charge in [-0.3, -0.25) is 9.36 Å². The fourth-order valence-corrected chi connectivity index (χ4v) is 4.66. The maximum absolute atomic E-state index is 12.5. The molecule has 0 unspecified atom stereocenters. The minimum Gasteiger partial charge on any atom is -0.497 e. The molecule has 0 saturated heterocycles. The van der Waals surface area contributed by atoms with E-state index in [1.807, 2.05) is 72.2 Å². The smallest absolute Gasteiger partial charge is 0.250 e. The van der Waals surface area contributed by atoms with E-state index in [2.05, 4.69) is 51.6 Å². The molecule has 4 aromatic rings. The first-order valence-electron chi connectivity index (χ1n) is 12.5. The van der Waals surface area contributed by atoms with Crippen LogP contribution in [-0.4, -0.2) is 52.8 Å². The van der Waals surface area contributed by atoms with Crippen LogP contribution < -0.4 is 15.1 Å². The molecule has 0 atom stereocenters. The van der Waals surface area contributed by atoms with Crippen LogP contribution in [0.3, 0.4) is 0 Å². The van der Waals surface area contributed by atoms with E-state index in [0.717, 1.165) is 41.2 Å². The molecule has 0 saturated carbocycles. The normalized spacial score (nSPS) is 11.1. The highest BCUT2D eigenvalue weighted by Gasteiger charge is 2.17. The molecule has 0 bridgehead atoms. The molecule has 4 rings (SSSR count). The van der Waals surface area contributed by atoms with Crippen molar-refractivity contribution in [2.75, 3.05) is 30.9 Å². The molecule has 0 aliphatic carbocycles. The molecule has 196 valence electrons.